The molecule has 0 bridgehead atoms. The van der Waals surface area contributed by atoms with Gasteiger partial charge in [-0.2, -0.15) is 0 Å². The Morgan fingerprint density at radius 2 is 2.32 bits per heavy atom. The third-order valence-corrected chi connectivity index (χ3v) is 3.99. The van der Waals surface area contributed by atoms with Crippen molar-refractivity contribution < 1.29 is 4.79 Å². The van der Waals surface area contributed by atoms with Gasteiger partial charge in [-0.3, -0.25) is 4.79 Å². The second kappa shape index (κ2) is 8.76. The van der Waals surface area contributed by atoms with Gasteiger partial charge in [-0.15, -0.1) is 12.4 Å². The van der Waals surface area contributed by atoms with E-state index in [1.807, 2.05) is 24.3 Å². The number of hydrogen-bond donors (Lipinski definition) is 2. The normalized spacial score (nSPS) is 18.5. The Bertz CT molecular complexity index is 408. The van der Waals surface area contributed by atoms with Crippen molar-refractivity contribution in [2.75, 3.05) is 19.6 Å². The number of amides is 1. The lowest BCUT2D eigenvalue weighted by atomic mass is 9.96. The van der Waals surface area contributed by atoms with E-state index in [9.17, 15) is 4.79 Å². The monoisotopic (exact) mass is 394 g/mol. The van der Waals surface area contributed by atoms with Crippen molar-refractivity contribution in [2.24, 2.45) is 5.92 Å². The molecule has 5 heteroatoms. The van der Waals surface area contributed by atoms with Crippen LogP contribution in [0.3, 0.4) is 0 Å². The summed E-state index contributed by atoms with van der Waals surface area (Å²) >= 11 is 2.22. The minimum Gasteiger partial charge on any atom is -0.352 e. The number of nitrogens with one attached hydrogen (secondary N) is 2. The Kier molecular flexibility index (Phi) is 7.71. The highest BCUT2D eigenvalue weighted by molar-refractivity contribution is 14.1. The largest absolute Gasteiger partial charge is 0.352 e. The topological polar surface area (TPSA) is 41.1 Å². The van der Waals surface area contributed by atoms with Crippen molar-refractivity contribution in [1.29, 1.82) is 0 Å². The standard InChI is InChI=1S/C14H19IN2O.ClH/c15-13-5-1-4-12(9-13)14(18)17-8-6-11-3-2-7-16-10-11;/h1,4-5,9,11,16H,2-3,6-8,10H2,(H,17,18);1H. The summed E-state index contributed by atoms with van der Waals surface area (Å²) in [7, 11) is 0. The SMILES string of the molecule is Cl.O=C(NCCC1CCCNC1)c1cccc(I)c1. The average Bonchev–Trinajstić information content (AvgIpc) is 2.40. The Balaban J connectivity index is 0.00000180. The molecule has 0 aromatic heterocycles. The van der Waals surface area contributed by atoms with Crippen molar-refractivity contribution >= 4 is 40.9 Å². The summed E-state index contributed by atoms with van der Waals surface area (Å²) in [5.41, 5.74) is 0.753. The molecule has 1 heterocycles. The first kappa shape index (κ1) is 16.7. The van der Waals surface area contributed by atoms with Crippen LogP contribution in [0, 0.1) is 9.49 Å². The fraction of sp³-hybridized carbons (Fsp3) is 0.500. The lowest BCUT2D eigenvalue weighted by Crippen LogP contribution is -2.33. The fourth-order valence-corrected chi connectivity index (χ4v) is 2.84. The van der Waals surface area contributed by atoms with Crippen LogP contribution >= 0.6 is 35.0 Å². The molecule has 0 aliphatic carbocycles. The molecule has 1 amide bonds. The molecule has 0 radical (unpaired) electrons. The van der Waals surface area contributed by atoms with Crippen LogP contribution in [-0.2, 0) is 0 Å². The number of benzene rings is 1. The van der Waals surface area contributed by atoms with Crippen molar-refractivity contribution in [3.8, 4) is 0 Å². The fourth-order valence-electron chi connectivity index (χ4n) is 2.29. The summed E-state index contributed by atoms with van der Waals surface area (Å²) in [4.78, 5) is 11.9. The first-order valence-corrected chi connectivity index (χ1v) is 7.58. The number of hydrogen-bond acceptors (Lipinski definition) is 2. The summed E-state index contributed by atoms with van der Waals surface area (Å²) < 4.78 is 1.09. The van der Waals surface area contributed by atoms with Crippen molar-refractivity contribution in [3.05, 3.63) is 33.4 Å². The van der Waals surface area contributed by atoms with E-state index in [2.05, 4.69) is 33.2 Å². The summed E-state index contributed by atoms with van der Waals surface area (Å²) in [6.45, 7) is 3.01. The number of carbonyl (C=O) groups is 1. The van der Waals surface area contributed by atoms with Crippen LogP contribution in [0.5, 0.6) is 0 Å². The van der Waals surface area contributed by atoms with Crippen molar-refractivity contribution in [1.82, 2.24) is 10.6 Å². The number of piperidine rings is 1. The molecule has 1 aromatic carbocycles. The molecule has 1 unspecified atom stereocenters. The zero-order valence-electron chi connectivity index (χ0n) is 10.8. The average molecular weight is 395 g/mol. The van der Waals surface area contributed by atoms with Crippen molar-refractivity contribution in [3.63, 3.8) is 0 Å². The third kappa shape index (κ3) is 5.67. The molecule has 0 spiro atoms. The van der Waals surface area contributed by atoms with Crippen LogP contribution in [0.4, 0.5) is 0 Å². The summed E-state index contributed by atoms with van der Waals surface area (Å²) in [5, 5.41) is 6.40. The molecule has 19 heavy (non-hydrogen) atoms. The number of halogens is 2. The van der Waals surface area contributed by atoms with E-state index >= 15 is 0 Å². The number of rotatable bonds is 4. The second-order valence-corrected chi connectivity index (χ2v) is 6.01. The molecule has 106 valence electrons. The van der Waals surface area contributed by atoms with Gasteiger partial charge in [0.15, 0.2) is 0 Å². The van der Waals surface area contributed by atoms with Gasteiger partial charge in [-0.1, -0.05) is 6.07 Å². The van der Waals surface area contributed by atoms with E-state index in [0.29, 0.717) is 0 Å². The molecule has 3 nitrogen and oxygen atoms in total. The zero-order valence-corrected chi connectivity index (χ0v) is 13.8. The molecule has 2 rings (SSSR count). The highest BCUT2D eigenvalue weighted by atomic mass is 127. The molecule has 1 aliphatic heterocycles. The molecule has 2 N–H and O–H groups in total. The maximum absolute atomic E-state index is 11.9. The van der Waals surface area contributed by atoms with E-state index in [1.54, 1.807) is 0 Å². The summed E-state index contributed by atoms with van der Waals surface area (Å²) in [5.74, 6) is 0.757. The molecule has 1 aliphatic rings. The third-order valence-electron chi connectivity index (χ3n) is 3.32. The van der Waals surface area contributed by atoms with Crippen molar-refractivity contribution in [2.45, 2.75) is 19.3 Å². The minimum atomic E-state index is 0. The van der Waals surface area contributed by atoms with Gasteiger partial charge in [0.2, 0.25) is 0 Å². The van der Waals surface area contributed by atoms with Crippen LogP contribution in [0.2, 0.25) is 0 Å². The van der Waals surface area contributed by atoms with Gasteiger partial charge in [-0.05, 0) is 79.1 Å². The van der Waals surface area contributed by atoms with Gasteiger partial charge in [0, 0.05) is 15.7 Å². The Morgan fingerprint density at radius 3 is 3.00 bits per heavy atom. The van der Waals surface area contributed by atoms with E-state index in [1.165, 1.54) is 12.8 Å². The summed E-state index contributed by atoms with van der Waals surface area (Å²) in [6.07, 6.45) is 3.62. The lowest BCUT2D eigenvalue weighted by Gasteiger charge is -2.22. The van der Waals surface area contributed by atoms with Crippen LogP contribution in [0.25, 0.3) is 0 Å². The van der Waals surface area contributed by atoms with Crippen LogP contribution in [0.15, 0.2) is 24.3 Å². The predicted octanol–water partition coefficient (Wildman–Crippen LogP) is 2.83. The van der Waals surface area contributed by atoms with E-state index in [0.717, 1.165) is 41.1 Å². The maximum atomic E-state index is 11.9. The van der Waals surface area contributed by atoms with Gasteiger partial charge in [0.05, 0.1) is 0 Å². The lowest BCUT2D eigenvalue weighted by molar-refractivity contribution is 0.0950. The number of carbonyl (C=O) groups excluding carboxylic acids is 1. The second-order valence-electron chi connectivity index (χ2n) is 4.77. The smallest absolute Gasteiger partial charge is 0.251 e. The highest BCUT2D eigenvalue weighted by Crippen LogP contribution is 2.13. The van der Waals surface area contributed by atoms with Crippen LogP contribution in [0.1, 0.15) is 29.6 Å². The zero-order chi connectivity index (χ0) is 12.8. The molecule has 0 saturated carbocycles. The maximum Gasteiger partial charge on any atom is 0.251 e. The van der Waals surface area contributed by atoms with E-state index < -0.39 is 0 Å². The van der Waals surface area contributed by atoms with Crippen LogP contribution in [-0.4, -0.2) is 25.5 Å². The first-order chi connectivity index (χ1) is 8.75. The molecule has 1 saturated heterocycles. The molecule has 1 atom stereocenters. The van der Waals surface area contributed by atoms with Gasteiger partial charge < -0.3 is 10.6 Å². The van der Waals surface area contributed by atoms with Gasteiger partial charge in [0.25, 0.3) is 5.91 Å². The molecular formula is C14H20ClIN2O. The quantitative estimate of drug-likeness (QED) is 0.771. The first-order valence-electron chi connectivity index (χ1n) is 6.50. The van der Waals surface area contributed by atoms with E-state index in [-0.39, 0.29) is 18.3 Å². The molecular weight excluding hydrogens is 375 g/mol. The van der Waals surface area contributed by atoms with E-state index in [4.69, 9.17) is 0 Å². The van der Waals surface area contributed by atoms with Gasteiger partial charge in [-0.25, -0.2) is 0 Å². The van der Waals surface area contributed by atoms with Gasteiger partial charge in [0.1, 0.15) is 0 Å². The molecule has 1 fully saturated rings. The Morgan fingerprint density at radius 1 is 1.47 bits per heavy atom. The Labute approximate surface area is 134 Å². The molecule has 1 aromatic rings. The van der Waals surface area contributed by atoms with Gasteiger partial charge >= 0.3 is 0 Å². The highest BCUT2D eigenvalue weighted by Gasteiger charge is 2.13. The predicted molar refractivity (Wildman–Crippen MR) is 89.0 cm³/mol. The minimum absolute atomic E-state index is 0. The Hall–Kier alpha value is -0.330. The van der Waals surface area contributed by atoms with Crippen LogP contribution < -0.4 is 10.6 Å². The summed E-state index contributed by atoms with van der Waals surface area (Å²) in [6, 6.07) is 7.69.